The maximum absolute atomic E-state index is 5.80. The number of rotatable bonds is 4. The minimum Gasteiger partial charge on any atom is -0.419 e. The van der Waals surface area contributed by atoms with Crippen molar-refractivity contribution in [1.29, 1.82) is 0 Å². The minimum atomic E-state index is 0.613. The zero-order valence-electron chi connectivity index (χ0n) is 13.7. The molecule has 2 aliphatic rings. The molecule has 5 nitrogen and oxygen atoms in total. The summed E-state index contributed by atoms with van der Waals surface area (Å²) < 4.78 is 5.80. The molecule has 1 aromatic carbocycles. The fourth-order valence-corrected chi connectivity index (χ4v) is 3.75. The molecule has 2 fully saturated rings. The lowest BCUT2D eigenvalue weighted by atomic mass is 9.97. The van der Waals surface area contributed by atoms with Crippen molar-refractivity contribution in [3.63, 3.8) is 0 Å². The Morgan fingerprint density at radius 1 is 1.13 bits per heavy atom. The second kappa shape index (κ2) is 6.42. The van der Waals surface area contributed by atoms with Gasteiger partial charge in [0.05, 0.1) is 6.54 Å². The monoisotopic (exact) mass is 312 g/mol. The Bertz CT molecular complexity index is 635. The molecule has 23 heavy (non-hydrogen) atoms. The van der Waals surface area contributed by atoms with Crippen molar-refractivity contribution in [1.82, 2.24) is 20.0 Å². The average molecular weight is 312 g/mol. The average Bonchev–Trinajstić information content (AvgIpc) is 3.01. The van der Waals surface area contributed by atoms with Crippen LogP contribution in [0, 0.1) is 0 Å². The van der Waals surface area contributed by atoms with E-state index in [0.717, 1.165) is 31.2 Å². The van der Waals surface area contributed by atoms with Crippen LogP contribution in [0.3, 0.4) is 0 Å². The van der Waals surface area contributed by atoms with Crippen molar-refractivity contribution < 1.29 is 4.42 Å². The molecule has 0 radical (unpaired) electrons. The number of piperidine rings is 1. The van der Waals surface area contributed by atoms with E-state index in [-0.39, 0.29) is 0 Å². The predicted molar refractivity (Wildman–Crippen MR) is 88.8 cm³/mol. The third kappa shape index (κ3) is 3.16. The molecule has 1 unspecified atom stereocenters. The fourth-order valence-electron chi connectivity index (χ4n) is 3.75. The maximum Gasteiger partial charge on any atom is 0.247 e. The van der Waals surface area contributed by atoms with Gasteiger partial charge < -0.3 is 4.42 Å². The van der Waals surface area contributed by atoms with Crippen LogP contribution in [0.15, 0.2) is 34.7 Å². The minimum absolute atomic E-state index is 0.613. The normalized spacial score (nSPS) is 23.8. The van der Waals surface area contributed by atoms with Crippen LogP contribution in [-0.2, 0) is 6.54 Å². The summed E-state index contributed by atoms with van der Waals surface area (Å²) in [5.74, 6) is 1.33. The SMILES string of the molecule is CC1CCCCN1C1CN(Cc2nnc(-c3ccccc3)o2)C1. The molecular weight excluding hydrogens is 288 g/mol. The molecule has 3 heterocycles. The van der Waals surface area contributed by atoms with E-state index in [2.05, 4.69) is 26.9 Å². The summed E-state index contributed by atoms with van der Waals surface area (Å²) in [6, 6.07) is 11.4. The van der Waals surface area contributed by atoms with Gasteiger partial charge in [0, 0.05) is 30.7 Å². The van der Waals surface area contributed by atoms with E-state index in [1.165, 1.54) is 25.8 Å². The second-order valence-corrected chi connectivity index (χ2v) is 6.80. The molecule has 0 bridgehead atoms. The molecule has 0 aliphatic carbocycles. The van der Waals surface area contributed by atoms with Crippen molar-refractivity contribution in [2.75, 3.05) is 19.6 Å². The number of nitrogens with zero attached hydrogens (tertiary/aromatic N) is 4. The molecule has 2 saturated heterocycles. The van der Waals surface area contributed by atoms with Gasteiger partial charge in [0.1, 0.15) is 0 Å². The van der Waals surface area contributed by atoms with Crippen molar-refractivity contribution in [2.45, 2.75) is 44.8 Å². The van der Waals surface area contributed by atoms with Crippen molar-refractivity contribution >= 4 is 0 Å². The van der Waals surface area contributed by atoms with Gasteiger partial charge in [0.2, 0.25) is 11.8 Å². The molecular formula is C18H24N4O. The van der Waals surface area contributed by atoms with Crippen LogP contribution < -0.4 is 0 Å². The van der Waals surface area contributed by atoms with Gasteiger partial charge in [-0.2, -0.15) is 0 Å². The summed E-state index contributed by atoms with van der Waals surface area (Å²) in [6.45, 7) is 6.63. The lowest BCUT2D eigenvalue weighted by Gasteiger charge is -2.48. The fraction of sp³-hybridized carbons (Fsp3) is 0.556. The molecule has 1 atom stereocenters. The van der Waals surface area contributed by atoms with Crippen LogP contribution in [0.5, 0.6) is 0 Å². The molecule has 1 aromatic heterocycles. The van der Waals surface area contributed by atoms with E-state index in [9.17, 15) is 0 Å². The highest BCUT2D eigenvalue weighted by Crippen LogP contribution is 2.25. The lowest BCUT2D eigenvalue weighted by Crippen LogP contribution is -2.61. The molecule has 122 valence electrons. The Morgan fingerprint density at radius 2 is 1.96 bits per heavy atom. The summed E-state index contributed by atoms with van der Waals surface area (Å²) in [5.41, 5.74) is 0.981. The molecule has 5 heteroatoms. The number of benzene rings is 1. The standard InChI is InChI=1S/C18H24N4O/c1-14-7-5-6-10-22(14)16-11-21(12-16)13-17-19-20-18(23-17)15-8-3-2-4-9-15/h2-4,8-9,14,16H,5-7,10-13H2,1H3. The smallest absolute Gasteiger partial charge is 0.247 e. The first-order chi connectivity index (χ1) is 11.3. The van der Waals surface area contributed by atoms with Crippen LogP contribution in [0.25, 0.3) is 11.5 Å². The van der Waals surface area contributed by atoms with Crippen molar-refractivity contribution in [2.24, 2.45) is 0 Å². The van der Waals surface area contributed by atoms with E-state index in [1.807, 2.05) is 30.3 Å². The Hall–Kier alpha value is -1.72. The van der Waals surface area contributed by atoms with Gasteiger partial charge in [0.25, 0.3) is 0 Å². The summed E-state index contributed by atoms with van der Waals surface area (Å²) >= 11 is 0. The van der Waals surface area contributed by atoms with Gasteiger partial charge in [-0.1, -0.05) is 24.6 Å². The maximum atomic E-state index is 5.80. The number of aromatic nitrogens is 2. The Morgan fingerprint density at radius 3 is 2.74 bits per heavy atom. The van der Waals surface area contributed by atoms with E-state index < -0.39 is 0 Å². The zero-order valence-corrected chi connectivity index (χ0v) is 13.7. The third-order valence-corrected chi connectivity index (χ3v) is 5.11. The van der Waals surface area contributed by atoms with Crippen LogP contribution in [0.2, 0.25) is 0 Å². The lowest BCUT2D eigenvalue weighted by molar-refractivity contribution is -0.00960. The molecule has 4 rings (SSSR count). The number of likely N-dealkylation sites (tertiary alicyclic amines) is 2. The largest absolute Gasteiger partial charge is 0.419 e. The highest BCUT2D eigenvalue weighted by molar-refractivity contribution is 5.51. The summed E-state index contributed by atoms with van der Waals surface area (Å²) in [5, 5.41) is 8.36. The first-order valence-corrected chi connectivity index (χ1v) is 8.65. The van der Waals surface area contributed by atoms with Crippen LogP contribution >= 0.6 is 0 Å². The van der Waals surface area contributed by atoms with Gasteiger partial charge in [-0.15, -0.1) is 10.2 Å². The first-order valence-electron chi connectivity index (χ1n) is 8.65. The quantitative estimate of drug-likeness (QED) is 0.868. The number of hydrogen-bond acceptors (Lipinski definition) is 5. The highest BCUT2D eigenvalue weighted by atomic mass is 16.4. The van der Waals surface area contributed by atoms with Crippen molar-refractivity contribution in [3.05, 3.63) is 36.2 Å². The van der Waals surface area contributed by atoms with E-state index >= 15 is 0 Å². The Kier molecular flexibility index (Phi) is 4.14. The number of hydrogen-bond donors (Lipinski definition) is 0. The van der Waals surface area contributed by atoms with E-state index in [0.29, 0.717) is 17.8 Å². The van der Waals surface area contributed by atoms with Crippen LogP contribution in [-0.4, -0.2) is 51.7 Å². The predicted octanol–water partition coefficient (Wildman–Crippen LogP) is 2.80. The van der Waals surface area contributed by atoms with Gasteiger partial charge in [0.15, 0.2) is 0 Å². The van der Waals surface area contributed by atoms with Crippen molar-refractivity contribution in [3.8, 4) is 11.5 Å². The Labute approximate surface area is 137 Å². The van der Waals surface area contributed by atoms with E-state index in [4.69, 9.17) is 4.42 Å². The first kappa shape index (κ1) is 14.8. The van der Waals surface area contributed by atoms with Crippen LogP contribution in [0.1, 0.15) is 32.1 Å². The molecule has 0 spiro atoms. The van der Waals surface area contributed by atoms with Gasteiger partial charge >= 0.3 is 0 Å². The summed E-state index contributed by atoms with van der Waals surface area (Å²) in [4.78, 5) is 5.08. The highest BCUT2D eigenvalue weighted by Gasteiger charge is 2.35. The van der Waals surface area contributed by atoms with E-state index in [1.54, 1.807) is 0 Å². The molecule has 0 N–H and O–H groups in total. The zero-order chi connectivity index (χ0) is 15.6. The third-order valence-electron chi connectivity index (χ3n) is 5.11. The summed E-state index contributed by atoms with van der Waals surface area (Å²) in [6.07, 6.45) is 4.09. The second-order valence-electron chi connectivity index (χ2n) is 6.80. The van der Waals surface area contributed by atoms with Gasteiger partial charge in [-0.25, -0.2) is 0 Å². The van der Waals surface area contributed by atoms with Crippen LogP contribution in [0.4, 0.5) is 0 Å². The topological polar surface area (TPSA) is 45.4 Å². The molecule has 2 aliphatic heterocycles. The molecule has 0 amide bonds. The van der Waals surface area contributed by atoms with Gasteiger partial charge in [-0.3, -0.25) is 9.80 Å². The Balaban J connectivity index is 1.32. The molecule has 0 saturated carbocycles. The molecule has 2 aromatic rings. The van der Waals surface area contributed by atoms with Gasteiger partial charge in [-0.05, 0) is 38.4 Å². The summed E-state index contributed by atoms with van der Waals surface area (Å²) in [7, 11) is 0.